The van der Waals surface area contributed by atoms with Crippen LogP contribution in [0.15, 0.2) is 71.6 Å². The van der Waals surface area contributed by atoms with Crippen LogP contribution in [0.2, 0.25) is 5.02 Å². The molecule has 0 radical (unpaired) electrons. The fourth-order valence-electron chi connectivity index (χ4n) is 4.98. The quantitative estimate of drug-likeness (QED) is 0.105. The molecule has 0 heterocycles. The lowest BCUT2D eigenvalue weighted by Crippen LogP contribution is -2.42. The molecule has 0 atom stereocenters. The van der Waals surface area contributed by atoms with Gasteiger partial charge in [-0.15, -0.1) is 0 Å². The molecule has 0 saturated heterocycles. The van der Waals surface area contributed by atoms with Crippen LogP contribution in [0.4, 0.5) is 33.3 Å². The Labute approximate surface area is 292 Å². The molecule has 50 heavy (non-hydrogen) atoms. The molecule has 0 unspecified atom stereocenters. The third-order valence-corrected chi connectivity index (χ3v) is 9.95. The fourth-order valence-corrected chi connectivity index (χ4v) is 6.59. The summed E-state index contributed by atoms with van der Waals surface area (Å²) in [6.45, 7) is 9.75. The van der Waals surface area contributed by atoms with Gasteiger partial charge in [0.25, 0.3) is 0 Å². The minimum absolute atomic E-state index is 0.103. The van der Waals surface area contributed by atoms with Gasteiger partial charge in [-0.3, -0.25) is 9.69 Å². The molecule has 4 rings (SSSR count). The Morgan fingerprint density at radius 3 is 1.60 bits per heavy atom. The van der Waals surface area contributed by atoms with Crippen molar-refractivity contribution in [1.29, 1.82) is 0 Å². The number of nitrogens with zero attached hydrogens (tertiary/aromatic N) is 2. The van der Waals surface area contributed by atoms with E-state index in [9.17, 15) is 36.3 Å². The van der Waals surface area contributed by atoms with Gasteiger partial charge in [-0.05, 0) is 76.1 Å². The molecule has 0 aliphatic heterocycles. The predicted octanol–water partition coefficient (Wildman–Crippen LogP) is 8.88. The van der Waals surface area contributed by atoms with Crippen molar-refractivity contribution < 1.29 is 45.1 Å². The molecule has 1 amide bonds. The molecule has 4 aromatic carbocycles. The molecule has 4 aromatic rings. The molecular weight excluding hydrogens is 703 g/mol. The lowest BCUT2D eigenvalue weighted by molar-refractivity contribution is -0.118. The molecule has 0 aromatic heterocycles. The van der Waals surface area contributed by atoms with Crippen LogP contribution < -0.4 is 4.90 Å². The fraction of sp³-hybridized carbons (Fsp3) is 0.278. The SMILES string of the molecule is CC(C)(C)c1cc(N(C(=O)CN(Cc2ccc(Cl)cc2)S(=O)(=O)c2c(F)c(F)c(F)c(F)c2F)c2ccc(C(=O)O)cc2)cc(C(C)(C)C)c1. The van der Waals surface area contributed by atoms with Crippen LogP contribution >= 0.6 is 11.6 Å². The summed E-state index contributed by atoms with van der Waals surface area (Å²) in [5.74, 6) is -14.9. The van der Waals surface area contributed by atoms with Gasteiger partial charge in [0, 0.05) is 22.9 Å². The Morgan fingerprint density at radius 1 is 0.700 bits per heavy atom. The zero-order valence-electron chi connectivity index (χ0n) is 27.9. The molecule has 0 aliphatic rings. The maximum atomic E-state index is 15.0. The van der Waals surface area contributed by atoms with Crippen LogP contribution in [0.25, 0.3) is 0 Å². The Kier molecular flexibility index (Phi) is 10.9. The van der Waals surface area contributed by atoms with Crippen molar-refractivity contribution in [1.82, 2.24) is 4.31 Å². The number of halogens is 6. The van der Waals surface area contributed by atoms with E-state index in [4.69, 9.17) is 11.6 Å². The van der Waals surface area contributed by atoms with E-state index in [0.29, 0.717) is 4.31 Å². The highest BCUT2D eigenvalue weighted by atomic mass is 35.5. The van der Waals surface area contributed by atoms with E-state index < -0.39 is 79.8 Å². The molecule has 0 bridgehead atoms. The first-order valence-corrected chi connectivity index (χ1v) is 16.9. The Hall–Kier alpha value is -4.33. The zero-order chi connectivity index (χ0) is 37.5. The smallest absolute Gasteiger partial charge is 0.335 e. The number of hydrogen-bond acceptors (Lipinski definition) is 4. The van der Waals surface area contributed by atoms with Crippen molar-refractivity contribution in [2.75, 3.05) is 11.4 Å². The normalized spacial score (nSPS) is 12.3. The van der Waals surface area contributed by atoms with E-state index >= 15 is 8.78 Å². The Balaban J connectivity index is 1.96. The molecule has 0 fully saturated rings. The summed E-state index contributed by atoms with van der Waals surface area (Å²) in [5.41, 5.74) is 1.07. The summed E-state index contributed by atoms with van der Waals surface area (Å²) in [6.07, 6.45) is 0. The molecular formula is C36H34ClF5N2O5S. The Morgan fingerprint density at radius 2 is 1.16 bits per heavy atom. The predicted molar refractivity (Wildman–Crippen MR) is 180 cm³/mol. The van der Waals surface area contributed by atoms with Crippen molar-refractivity contribution in [3.63, 3.8) is 0 Å². The average molecular weight is 737 g/mol. The number of hydrogen-bond donors (Lipinski definition) is 1. The number of rotatable bonds is 9. The molecule has 14 heteroatoms. The largest absolute Gasteiger partial charge is 0.478 e. The molecule has 0 saturated carbocycles. The van der Waals surface area contributed by atoms with E-state index in [2.05, 4.69) is 0 Å². The second kappa shape index (κ2) is 14.1. The standard InChI is InChI=1S/C36H34ClF5N2O5S/c1-35(2,3)22-15-23(36(4,5)6)17-26(16-22)44(25-13-9-21(10-14-25)34(46)47)27(45)19-43(18-20-7-11-24(37)12-8-20)50(48,49)33-31(41)29(39)28(38)30(40)32(33)42/h7-17H,18-19H2,1-6H3,(H,46,47). The van der Waals surface area contributed by atoms with Gasteiger partial charge in [0.2, 0.25) is 21.7 Å². The van der Waals surface area contributed by atoms with Gasteiger partial charge in [0.05, 0.1) is 12.1 Å². The number of aromatic carboxylic acids is 1. The van der Waals surface area contributed by atoms with Crippen LogP contribution in [-0.4, -0.2) is 36.3 Å². The summed E-state index contributed by atoms with van der Waals surface area (Å²) >= 11 is 5.96. The minimum Gasteiger partial charge on any atom is -0.478 e. The van der Waals surface area contributed by atoms with E-state index in [-0.39, 0.29) is 27.5 Å². The lowest BCUT2D eigenvalue weighted by atomic mass is 9.80. The van der Waals surface area contributed by atoms with Crippen LogP contribution in [0.1, 0.15) is 68.6 Å². The number of carboxylic acid groups (broad SMARTS) is 1. The minimum atomic E-state index is -5.63. The molecule has 7 nitrogen and oxygen atoms in total. The summed E-state index contributed by atoms with van der Waals surface area (Å²) in [7, 11) is -5.63. The van der Waals surface area contributed by atoms with E-state index in [1.807, 2.05) is 47.6 Å². The first-order valence-electron chi connectivity index (χ1n) is 15.1. The second-order valence-corrected chi connectivity index (χ2v) is 16.0. The van der Waals surface area contributed by atoms with Gasteiger partial charge in [-0.2, -0.15) is 4.31 Å². The first-order chi connectivity index (χ1) is 23.0. The molecule has 0 aliphatic carbocycles. The first kappa shape index (κ1) is 38.5. The van der Waals surface area contributed by atoms with Crippen molar-refractivity contribution in [3.8, 4) is 0 Å². The maximum absolute atomic E-state index is 15.0. The van der Waals surface area contributed by atoms with Crippen molar-refractivity contribution in [2.45, 2.75) is 63.8 Å². The van der Waals surface area contributed by atoms with Crippen LogP contribution in [0, 0.1) is 29.1 Å². The average Bonchev–Trinajstić information content (AvgIpc) is 3.03. The van der Waals surface area contributed by atoms with Crippen LogP contribution in [0.5, 0.6) is 0 Å². The number of sulfonamides is 1. The number of carbonyl (C=O) groups excluding carboxylic acids is 1. The lowest BCUT2D eigenvalue weighted by Gasteiger charge is -2.31. The third kappa shape index (κ3) is 8.00. The summed E-state index contributed by atoms with van der Waals surface area (Å²) in [4.78, 5) is 25.1. The van der Waals surface area contributed by atoms with Gasteiger partial charge in [-0.1, -0.05) is 71.3 Å². The summed E-state index contributed by atoms with van der Waals surface area (Å²) in [6, 6.07) is 15.9. The number of carboxylic acids is 1. The molecule has 0 spiro atoms. The van der Waals surface area contributed by atoms with Crippen molar-refractivity contribution >= 4 is 44.9 Å². The number of anilines is 2. The van der Waals surface area contributed by atoms with Gasteiger partial charge in [0.15, 0.2) is 28.2 Å². The van der Waals surface area contributed by atoms with Crippen LogP contribution in [0.3, 0.4) is 0 Å². The highest BCUT2D eigenvalue weighted by molar-refractivity contribution is 7.89. The van der Waals surface area contributed by atoms with E-state index in [1.165, 1.54) is 48.5 Å². The number of carbonyl (C=O) groups is 2. The number of benzene rings is 4. The zero-order valence-corrected chi connectivity index (χ0v) is 29.5. The highest BCUT2D eigenvalue weighted by Crippen LogP contribution is 2.37. The molecule has 1 N–H and O–H groups in total. The van der Waals surface area contributed by atoms with Crippen molar-refractivity contribution in [3.05, 3.63) is 123 Å². The third-order valence-electron chi connectivity index (χ3n) is 7.88. The monoisotopic (exact) mass is 736 g/mol. The second-order valence-electron chi connectivity index (χ2n) is 13.6. The number of amides is 1. The van der Waals surface area contributed by atoms with E-state index in [0.717, 1.165) is 16.0 Å². The van der Waals surface area contributed by atoms with Gasteiger partial charge >= 0.3 is 5.97 Å². The molecule has 266 valence electrons. The highest BCUT2D eigenvalue weighted by Gasteiger charge is 2.39. The topological polar surface area (TPSA) is 95.0 Å². The van der Waals surface area contributed by atoms with Gasteiger partial charge < -0.3 is 5.11 Å². The van der Waals surface area contributed by atoms with Crippen molar-refractivity contribution in [2.24, 2.45) is 0 Å². The summed E-state index contributed by atoms with van der Waals surface area (Å²) < 4.78 is 101. The van der Waals surface area contributed by atoms with E-state index in [1.54, 1.807) is 12.1 Å². The van der Waals surface area contributed by atoms with Gasteiger partial charge in [0.1, 0.15) is 0 Å². The van der Waals surface area contributed by atoms with Gasteiger partial charge in [-0.25, -0.2) is 35.2 Å². The summed E-state index contributed by atoms with van der Waals surface area (Å²) in [5, 5.41) is 9.72. The maximum Gasteiger partial charge on any atom is 0.335 e. The Bertz CT molecular complexity index is 2000. The van der Waals surface area contributed by atoms with Crippen LogP contribution in [-0.2, 0) is 32.2 Å².